The van der Waals surface area contributed by atoms with Crippen molar-refractivity contribution < 1.29 is 9.53 Å². The summed E-state index contributed by atoms with van der Waals surface area (Å²) in [7, 11) is 3.42. The fourth-order valence-corrected chi connectivity index (χ4v) is 2.53. The molecule has 4 heteroatoms. The van der Waals surface area contributed by atoms with Crippen LogP contribution in [0.4, 0.5) is 5.69 Å². The predicted molar refractivity (Wildman–Crippen MR) is 77.3 cm³/mol. The lowest BCUT2D eigenvalue weighted by atomic mass is 10.0. The molecule has 104 valence electrons. The maximum Gasteiger partial charge on any atom is 0.178 e. The van der Waals surface area contributed by atoms with Gasteiger partial charge in [-0.1, -0.05) is 0 Å². The van der Waals surface area contributed by atoms with E-state index in [0.717, 1.165) is 30.1 Å². The number of piperidine rings is 1. The van der Waals surface area contributed by atoms with Gasteiger partial charge in [-0.25, -0.2) is 0 Å². The van der Waals surface area contributed by atoms with Crippen LogP contribution in [0.1, 0.15) is 29.6 Å². The summed E-state index contributed by atoms with van der Waals surface area (Å²) in [5.74, 6) is 0.849. The fraction of sp³-hybridized carbons (Fsp3) is 0.533. The Kier molecular flexibility index (Phi) is 4.80. The molecule has 1 heterocycles. The Balaban J connectivity index is 2.32. The first kappa shape index (κ1) is 13.9. The summed E-state index contributed by atoms with van der Waals surface area (Å²) in [6.45, 7) is 2.42. The van der Waals surface area contributed by atoms with E-state index >= 15 is 0 Å². The molecule has 0 aliphatic carbocycles. The van der Waals surface area contributed by atoms with Gasteiger partial charge < -0.3 is 15.0 Å². The second-order valence-electron chi connectivity index (χ2n) is 4.88. The van der Waals surface area contributed by atoms with Crippen molar-refractivity contribution in [2.45, 2.75) is 19.3 Å². The van der Waals surface area contributed by atoms with Crippen LogP contribution in [-0.4, -0.2) is 39.6 Å². The number of rotatable bonds is 5. The molecule has 0 radical (unpaired) electrons. The second-order valence-corrected chi connectivity index (χ2v) is 4.88. The number of methoxy groups -OCH3 is 1. The van der Waals surface area contributed by atoms with Gasteiger partial charge in [-0.2, -0.15) is 0 Å². The molecule has 1 saturated heterocycles. The Morgan fingerprint density at radius 1 is 1.32 bits per heavy atom. The number of hydrogen-bond donors (Lipinski definition) is 1. The minimum Gasteiger partial charge on any atom is -0.497 e. The number of benzene rings is 1. The van der Waals surface area contributed by atoms with Gasteiger partial charge >= 0.3 is 0 Å². The van der Waals surface area contributed by atoms with Gasteiger partial charge in [0.25, 0.3) is 0 Å². The number of likely N-dealkylation sites (N-methyl/N-ethyl adjacent to an activating group) is 1. The standard InChI is InChI=1S/C15H22N2O2/c1-16-11-15(18)13-10-12(19-2)6-7-14(13)17-8-4-3-5-9-17/h6-7,10,16H,3-5,8-9,11H2,1-2H3. The third kappa shape index (κ3) is 3.26. The Morgan fingerprint density at radius 2 is 2.05 bits per heavy atom. The van der Waals surface area contributed by atoms with Gasteiger partial charge in [0.15, 0.2) is 5.78 Å². The van der Waals surface area contributed by atoms with Gasteiger partial charge in [0, 0.05) is 24.3 Å². The van der Waals surface area contributed by atoms with Crippen molar-refractivity contribution in [1.82, 2.24) is 5.32 Å². The highest BCUT2D eigenvalue weighted by Crippen LogP contribution is 2.28. The smallest absolute Gasteiger partial charge is 0.178 e. The van der Waals surface area contributed by atoms with Gasteiger partial charge in [0.2, 0.25) is 0 Å². The van der Waals surface area contributed by atoms with Crippen LogP contribution in [0.25, 0.3) is 0 Å². The maximum absolute atomic E-state index is 12.2. The average Bonchev–Trinajstić information content (AvgIpc) is 2.47. The lowest BCUT2D eigenvalue weighted by molar-refractivity contribution is 0.0993. The SMILES string of the molecule is CNCC(=O)c1cc(OC)ccc1N1CCCCC1. The number of carbonyl (C=O) groups is 1. The minimum absolute atomic E-state index is 0.113. The lowest BCUT2D eigenvalue weighted by Gasteiger charge is -2.30. The van der Waals surface area contributed by atoms with Crippen LogP contribution in [0.3, 0.4) is 0 Å². The highest BCUT2D eigenvalue weighted by molar-refractivity contribution is 6.03. The molecule has 1 aliphatic rings. The van der Waals surface area contributed by atoms with E-state index in [2.05, 4.69) is 10.2 Å². The molecule has 1 aromatic rings. The quantitative estimate of drug-likeness (QED) is 0.825. The number of nitrogens with one attached hydrogen (secondary N) is 1. The largest absolute Gasteiger partial charge is 0.497 e. The Labute approximate surface area is 114 Å². The summed E-state index contributed by atoms with van der Waals surface area (Å²) in [6, 6.07) is 5.79. The van der Waals surface area contributed by atoms with Gasteiger partial charge in [0.05, 0.1) is 13.7 Å². The van der Waals surface area contributed by atoms with E-state index in [1.807, 2.05) is 18.2 Å². The van der Waals surface area contributed by atoms with Crippen molar-refractivity contribution in [3.63, 3.8) is 0 Å². The van der Waals surface area contributed by atoms with Crippen LogP contribution in [0.15, 0.2) is 18.2 Å². The Hall–Kier alpha value is -1.55. The molecule has 0 aromatic heterocycles. The number of ether oxygens (including phenoxy) is 1. The van der Waals surface area contributed by atoms with Crippen LogP contribution in [0, 0.1) is 0 Å². The Bertz CT molecular complexity index is 440. The molecular weight excluding hydrogens is 240 g/mol. The number of hydrogen-bond acceptors (Lipinski definition) is 4. The monoisotopic (exact) mass is 262 g/mol. The van der Waals surface area contributed by atoms with E-state index < -0.39 is 0 Å². The summed E-state index contributed by atoms with van der Waals surface area (Å²) < 4.78 is 5.23. The molecular formula is C15H22N2O2. The normalized spacial score (nSPS) is 15.4. The number of carbonyl (C=O) groups excluding carboxylic acids is 1. The van der Waals surface area contributed by atoms with Crippen molar-refractivity contribution >= 4 is 11.5 Å². The van der Waals surface area contributed by atoms with Gasteiger partial charge in [-0.3, -0.25) is 4.79 Å². The number of nitrogens with zero attached hydrogens (tertiary/aromatic N) is 1. The van der Waals surface area contributed by atoms with E-state index in [9.17, 15) is 4.79 Å². The lowest BCUT2D eigenvalue weighted by Crippen LogP contribution is -2.31. The van der Waals surface area contributed by atoms with Crippen molar-refractivity contribution in [1.29, 1.82) is 0 Å². The number of Topliss-reactive ketones (excluding diaryl/α,β-unsaturated/α-hetero) is 1. The van der Waals surface area contributed by atoms with Crippen molar-refractivity contribution in [2.75, 3.05) is 38.7 Å². The summed E-state index contributed by atoms with van der Waals surface area (Å²) in [5, 5.41) is 2.92. The first-order valence-corrected chi connectivity index (χ1v) is 6.87. The maximum atomic E-state index is 12.2. The summed E-state index contributed by atoms with van der Waals surface area (Å²) >= 11 is 0. The van der Waals surface area contributed by atoms with Crippen molar-refractivity contribution in [2.24, 2.45) is 0 Å². The summed E-state index contributed by atoms with van der Waals surface area (Å²) in [5.41, 5.74) is 1.80. The summed E-state index contributed by atoms with van der Waals surface area (Å²) in [6.07, 6.45) is 3.68. The first-order valence-electron chi connectivity index (χ1n) is 6.87. The second kappa shape index (κ2) is 6.57. The third-order valence-corrected chi connectivity index (χ3v) is 3.54. The molecule has 0 bridgehead atoms. The molecule has 4 nitrogen and oxygen atoms in total. The van der Waals surface area contributed by atoms with Crippen LogP contribution < -0.4 is 15.0 Å². The molecule has 1 N–H and O–H groups in total. The van der Waals surface area contributed by atoms with Gasteiger partial charge in [0.1, 0.15) is 5.75 Å². The number of anilines is 1. The van der Waals surface area contributed by atoms with Crippen LogP contribution in [0.2, 0.25) is 0 Å². The predicted octanol–water partition coefficient (Wildman–Crippen LogP) is 2.09. The zero-order valence-electron chi connectivity index (χ0n) is 11.7. The molecule has 0 unspecified atom stereocenters. The van der Waals surface area contributed by atoms with E-state index in [-0.39, 0.29) is 5.78 Å². The Morgan fingerprint density at radius 3 is 2.68 bits per heavy atom. The minimum atomic E-state index is 0.113. The molecule has 1 fully saturated rings. The van der Waals surface area contributed by atoms with Gasteiger partial charge in [-0.05, 0) is 44.5 Å². The molecule has 2 rings (SSSR count). The van der Waals surface area contributed by atoms with Crippen molar-refractivity contribution in [3.8, 4) is 5.75 Å². The zero-order chi connectivity index (χ0) is 13.7. The van der Waals surface area contributed by atoms with E-state index in [0.29, 0.717) is 6.54 Å². The van der Waals surface area contributed by atoms with Crippen molar-refractivity contribution in [3.05, 3.63) is 23.8 Å². The topological polar surface area (TPSA) is 41.6 Å². The molecule has 0 amide bonds. The molecule has 1 aromatic carbocycles. The molecule has 0 spiro atoms. The molecule has 19 heavy (non-hydrogen) atoms. The van der Waals surface area contributed by atoms with Gasteiger partial charge in [-0.15, -0.1) is 0 Å². The van der Waals surface area contributed by atoms with Crippen LogP contribution in [-0.2, 0) is 0 Å². The highest BCUT2D eigenvalue weighted by atomic mass is 16.5. The highest BCUT2D eigenvalue weighted by Gasteiger charge is 2.18. The van der Waals surface area contributed by atoms with Crippen LogP contribution in [0.5, 0.6) is 5.75 Å². The molecule has 1 aliphatic heterocycles. The fourth-order valence-electron chi connectivity index (χ4n) is 2.53. The van der Waals surface area contributed by atoms with E-state index in [1.165, 1.54) is 19.3 Å². The molecule has 0 saturated carbocycles. The van der Waals surface area contributed by atoms with Crippen LogP contribution >= 0.6 is 0 Å². The first-order chi connectivity index (χ1) is 9.26. The molecule has 0 atom stereocenters. The average molecular weight is 262 g/mol. The summed E-state index contributed by atoms with van der Waals surface area (Å²) in [4.78, 5) is 14.5. The third-order valence-electron chi connectivity index (χ3n) is 3.54. The number of ketones is 1. The van der Waals surface area contributed by atoms with E-state index in [4.69, 9.17) is 4.74 Å². The van der Waals surface area contributed by atoms with E-state index in [1.54, 1.807) is 14.2 Å². The zero-order valence-corrected chi connectivity index (χ0v) is 11.7.